The monoisotopic (exact) mass is 286 g/mol. The van der Waals surface area contributed by atoms with Crippen LogP contribution in [-0.4, -0.2) is 18.2 Å². The van der Waals surface area contributed by atoms with E-state index >= 15 is 0 Å². The third kappa shape index (κ3) is 3.52. The maximum Gasteiger partial charge on any atom is 0.349 e. The van der Waals surface area contributed by atoms with Crippen molar-refractivity contribution >= 4 is 21.9 Å². The first-order valence-electron chi connectivity index (χ1n) is 5.07. The molecule has 3 nitrogen and oxygen atoms in total. The molecule has 0 bridgehead atoms. The fourth-order valence-corrected chi connectivity index (χ4v) is 1.41. The van der Waals surface area contributed by atoms with Crippen molar-refractivity contribution < 1.29 is 14.3 Å². The summed E-state index contributed by atoms with van der Waals surface area (Å²) in [6.07, 6.45) is 0. The number of hydrogen-bond donors (Lipinski definition) is 0. The van der Waals surface area contributed by atoms with E-state index in [1.807, 2.05) is 12.1 Å². The van der Waals surface area contributed by atoms with Crippen LogP contribution in [0.3, 0.4) is 0 Å². The molecule has 0 spiro atoms. The lowest BCUT2D eigenvalue weighted by atomic mass is 10.1. The van der Waals surface area contributed by atoms with Crippen molar-refractivity contribution in [2.75, 3.05) is 6.61 Å². The Morgan fingerprint density at radius 3 is 2.38 bits per heavy atom. The first-order chi connectivity index (χ1) is 7.45. The van der Waals surface area contributed by atoms with E-state index in [0.717, 1.165) is 4.47 Å². The molecule has 1 aromatic rings. The molecular weight excluding hydrogens is 272 g/mol. The molecule has 0 aliphatic carbocycles. The van der Waals surface area contributed by atoms with Crippen LogP contribution >= 0.6 is 15.9 Å². The van der Waals surface area contributed by atoms with Crippen LogP contribution in [0.1, 0.15) is 20.8 Å². The van der Waals surface area contributed by atoms with Crippen LogP contribution in [0.25, 0.3) is 0 Å². The van der Waals surface area contributed by atoms with Crippen molar-refractivity contribution in [3.63, 3.8) is 0 Å². The van der Waals surface area contributed by atoms with E-state index in [1.54, 1.807) is 32.9 Å². The number of carbonyl (C=O) groups is 1. The summed E-state index contributed by atoms with van der Waals surface area (Å²) < 4.78 is 11.5. The molecule has 4 heteroatoms. The summed E-state index contributed by atoms with van der Waals surface area (Å²) in [5.41, 5.74) is -0.968. The highest BCUT2D eigenvalue weighted by Crippen LogP contribution is 2.21. The van der Waals surface area contributed by atoms with Gasteiger partial charge in [-0.2, -0.15) is 0 Å². The molecule has 0 atom stereocenters. The fourth-order valence-electron chi connectivity index (χ4n) is 1.14. The maximum absolute atomic E-state index is 11.6. The van der Waals surface area contributed by atoms with Crippen molar-refractivity contribution in [2.24, 2.45) is 0 Å². The molecule has 1 rings (SSSR count). The Morgan fingerprint density at radius 1 is 1.31 bits per heavy atom. The zero-order chi connectivity index (χ0) is 12.2. The number of carbonyl (C=O) groups excluding carboxylic acids is 1. The van der Waals surface area contributed by atoms with Gasteiger partial charge in [-0.3, -0.25) is 0 Å². The van der Waals surface area contributed by atoms with Crippen LogP contribution in [0.5, 0.6) is 5.75 Å². The SMILES string of the molecule is CCOC(=O)C(C)(C)Oc1ccc(Br)cc1. The Hall–Kier alpha value is -1.03. The molecule has 0 radical (unpaired) electrons. The van der Waals surface area contributed by atoms with Gasteiger partial charge in [0.15, 0.2) is 5.60 Å². The van der Waals surface area contributed by atoms with Gasteiger partial charge in [0.05, 0.1) is 6.61 Å². The summed E-state index contributed by atoms with van der Waals surface area (Å²) in [7, 11) is 0. The Balaban J connectivity index is 2.72. The quantitative estimate of drug-likeness (QED) is 0.798. The Kier molecular flexibility index (Phi) is 4.35. The molecule has 0 amide bonds. The van der Waals surface area contributed by atoms with Crippen LogP contribution in [-0.2, 0) is 9.53 Å². The lowest BCUT2D eigenvalue weighted by Crippen LogP contribution is -2.39. The molecule has 0 aliphatic rings. The molecule has 0 saturated heterocycles. The van der Waals surface area contributed by atoms with E-state index in [0.29, 0.717) is 12.4 Å². The van der Waals surface area contributed by atoms with Crippen LogP contribution in [0.4, 0.5) is 0 Å². The molecule has 0 N–H and O–H groups in total. The first-order valence-corrected chi connectivity index (χ1v) is 5.87. The normalized spacial score (nSPS) is 11.0. The molecule has 0 heterocycles. The van der Waals surface area contributed by atoms with Crippen molar-refractivity contribution in [1.29, 1.82) is 0 Å². The smallest absolute Gasteiger partial charge is 0.349 e. The molecule has 0 fully saturated rings. The Labute approximate surface area is 104 Å². The third-order valence-electron chi connectivity index (χ3n) is 1.95. The highest BCUT2D eigenvalue weighted by Gasteiger charge is 2.31. The summed E-state index contributed by atoms with van der Waals surface area (Å²) in [6.45, 7) is 5.50. The van der Waals surface area contributed by atoms with Gasteiger partial charge in [-0.05, 0) is 45.0 Å². The molecule has 0 unspecified atom stereocenters. The Morgan fingerprint density at radius 2 is 1.88 bits per heavy atom. The lowest BCUT2D eigenvalue weighted by molar-refractivity contribution is -0.158. The van der Waals surface area contributed by atoms with Gasteiger partial charge < -0.3 is 9.47 Å². The zero-order valence-corrected chi connectivity index (χ0v) is 11.2. The summed E-state index contributed by atoms with van der Waals surface area (Å²) in [5, 5.41) is 0. The van der Waals surface area contributed by atoms with Crippen molar-refractivity contribution in [2.45, 2.75) is 26.4 Å². The minimum Gasteiger partial charge on any atom is -0.476 e. The van der Waals surface area contributed by atoms with Gasteiger partial charge in [-0.15, -0.1) is 0 Å². The predicted octanol–water partition coefficient (Wildman–Crippen LogP) is 3.17. The third-order valence-corrected chi connectivity index (χ3v) is 2.48. The van der Waals surface area contributed by atoms with Crippen LogP contribution in [0.2, 0.25) is 0 Å². The van der Waals surface area contributed by atoms with Crippen molar-refractivity contribution in [1.82, 2.24) is 0 Å². The second-order valence-corrected chi connectivity index (χ2v) is 4.70. The van der Waals surface area contributed by atoms with E-state index in [-0.39, 0.29) is 5.97 Å². The fraction of sp³-hybridized carbons (Fsp3) is 0.417. The second kappa shape index (κ2) is 5.34. The van der Waals surface area contributed by atoms with Crippen molar-refractivity contribution in [3.8, 4) is 5.75 Å². The molecule has 16 heavy (non-hydrogen) atoms. The standard InChI is InChI=1S/C12H15BrO3/c1-4-15-11(14)12(2,3)16-10-7-5-9(13)6-8-10/h5-8H,4H2,1-3H3. The average molecular weight is 287 g/mol. The number of esters is 1. The highest BCUT2D eigenvalue weighted by atomic mass is 79.9. The first kappa shape index (κ1) is 13.0. The van der Waals surface area contributed by atoms with Gasteiger partial charge in [0.1, 0.15) is 5.75 Å². The molecule has 1 aromatic carbocycles. The predicted molar refractivity (Wildman–Crippen MR) is 65.5 cm³/mol. The largest absolute Gasteiger partial charge is 0.476 e. The van der Waals surface area contributed by atoms with Gasteiger partial charge in [0.25, 0.3) is 0 Å². The second-order valence-electron chi connectivity index (χ2n) is 3.79. The summed E-state index contributed by atoms with van der Waals surface area (Å²) in [4.78, 5) is 11.6. The van der Waals surface area contributed by atoms with Crippen molar-refractivity contribution in [3.05, 3.63) is 28.7 Å². The molecule has 0 aliphatic heterocycles. The number of ether oxygens (including phenoxy) is 2. The van der Waals surface area contributed by atoms with E-state index in [4.69, 9.17) is 9.47 Å². The van der Waals surface area contributed by atoms with E-state index in [2.05, 4.69) is 15.9 Å². The number of hydrogen-bond acceptors (Lipinski definition) is 3. The van der Waals surface area contributed by atoms with E-state index in [1.165, 1.54) is 0 Å². The topological polar surface area (TPSA) is 35.5 Å². The zero-order valence-electron chi connectivity index (χ0n) is 9.62. The summed E-state index contributed by atoms with van der Waals surface area (Å²) >= 11 is 3.33. The minimum atomic E-state index is -0.968. The average Bonchev–Trinajstić information content (AvgIpc) is 2.21. The minimum absolute atomic E-state index is 0.353. The van der Waals surface area contributed by atoms with Crippen LogP contribution in [0, 0.1) is 0 Å². The molecule has 88 valence electrons. The van der Waals surface area contributed by atoms with Gasteiger partial charge >= 0.3 is 5.97 Å². The summed E-state index contributed by atoms with van der Waals surface area (Å²) in [5.74, 6) is 0.277. The van der Waals surface area contributed by atoms with E-state index < -0.39 is 5.60 Å². The lowest BCUT2D eigenvalue weighted by Gasteiger charge is -2.24. The van der Waals surface area contributed by atoms with Gasteiger partial charge in [-0.25, -0.2) is 4.79 Å². The van der Waals surface area contributed by atoms with Gasteiger partial charge in [-0.1, -0.05) is 15.9 Å². The molecular formula is C12H15BrO3. The van der Waals surface area contributed by atoms with Gasteiger partial charge in [0, 0.05) is 4.47 Å². The highest BCUT2D eigenvalue weighted by molar-refractivity contribution is 9.10. The van der Waals surface area contributed by atoms with Gasteiger partial charge in [0.2, 0.25) is 0 Å². The Bertz CT molecular complexity index is 357. The van der Waals surface area contributed by atoms with Crippen LogP contribution in [0.15, 0.2) is 28.7 Å². The van der Waals surface area contributed by atoms with Crippen LogP contribution < -0.4 is 4.74 Å². The number of benzene rings is 1. The van der Waals surface area contributed by atoms with E-state index in [9.17, 15) is 4.79 Å². The maximum atomic E-state index is 11.6. The molecule has 0 saturated carbocycles. The number of halogens is 1. The number of rotatable bonds is 4. The summed E-state index contributed by atoms with van der Waals surface area (Å²) in [6, 6.07) is 7.31. The molecule has 0 aromatic heterocycles.